The molecule has 0 radical (unpaired) electrons. The van der Waals surface area contributed by atoms with Gasteiger partial charge in [-0.2, -0.15) is 5.10 Å². The van der Waals surface area contributed by atoms with Crippen LogP contribution in [0.5, 0.6) is 0 Å². The van der Waals surface area contributed by atoms with E-state index in [4.69, 9.17) is 0 Å². The van der Waals surface area contributed by atoms with E-state index in [1.54, 1.807) is 6.20 Å². The first-order valence-electron chi connectivity index (χ1n) is 7.25. The Morgan fingerprint density at radius 3 is 2.71 bits per heavy atom. The van der Waals surface area contributed by atoms with Gasteiger partial charge in [0.1, 0.15) is 11.3 Å². The quantitative estimate of drug-likeness (QED) is 0.501. The van der Waals surface area contributed by atoms with Gasteiger partial charge >= 0.3 is 0 Å². The molecule has 7 heteroatoms. The van der Waals surface area contributed by atoms with Crippen LogP contribution in [0.15, 0.2) is 59.3 Å². The van der Waals surface area contributed by atoms with Crippen molar-refractivity contribution < 1.29 is 4.79 Å². The molecule has 3 heterocycles. The third kappa shape index (κ3) is 2.69. The number of carbonyl (C=O) groups excluding carboxylic acids is 1. The lowest BCUT2D eigenvalue weighted by atomic mass is 10.1. The van der Waals surface area contributed by atoms with Crippen LogP contribution in [0.4, 0.5) is 5.69 Å². The van der Waals surface area contributed by atoms with Gasteiger partial charge in [-0.3, -0.25) is 9.89 Å². The molecule has 1 amide bonds. The van der Waals surface area contributed by atoms with Gasteiger partial charge in [-0.05, 0) is 33.6 Å². The van der Waals surface area contributed by atoms with Crippen LogP contribution in [0.25, 0.3) is 22.3 Å². The van der Waals surface area contributed by atoms with Crippen LogP contribution < -0.4 is 5.32 Å². The van der Waals surface area contributed by atoms with Crippen molar-refractivity contribution in [2.45, 2.75) is 0 Å². The number of aromatic amines is 2. The van der Waals surface area contributed by atoms with E-state index in [1.807, 2.05) is 42.5 Å². The Morgan fingerprint density at radius 1 is 1.12 bits per heavy atom. The second-order valence-electron chi connectivity index (χ2n) is 5.26. The summed E-state index contributed by atoms with van der Waals surface area (Å²) in [5.74, 6) is -0.278. The number of nitrogens with one attached hydrogen (secondary N) is 3. The molecule has 0 fully saturated rings. The molecular formula is C17H12BrN5O. The molecule has 4 rings (SSSR count). The Bertz CT molecular complexity index is 1020. The molecule has 118 valence electrons. The number of anilines is 1. The molecule has 0 unspecified atom stereocenters. The van der Waals surface area contributed by atoms with Crippen LogP contribution in [0.2, 0.25) is 0 Å². The summed E-state index contributed by atoms with van der Waals surface area (Å²) in [6.45, 7) is 0. The van der Waals surface area contributed by atoms with Gasteiger partial charge in [0.2, 0.25) is 0 Å². The molecule has 3 aromatic heterocycles. The summed E-state index contributed by atoms with van der Waals surface area (Å²) in [7, 11) is 0. The number of hydrogen-bond donors (Lipinski definition) is 3. The summed E-state index contributed by atoms with van der Waals surface area (Å²) in [5.41, 5.74) is 3.83. The summed E-state index contributed by atoms with van der Waals surface area (Å²) in [4.78, 5) is 19.9. The summed E-state index contributed by atoms with van der Waals surface area (Å²) >= 11 is 3.27. The van der Waals surface area contributed by atoms with Crippen molar-refractivity contribution >= 4 is 38.6 Å². The lowest BCUT2D eigenvalue weighted by molar-refractivity contribution is 0.102. The molecule has 0 aliphatic rings. The number of pyridine rings is 1. The van der Waals surface area contributed by atoms with Gasteiger partial charge in [0, 0.05) is 11.1 Å². The van der Waals surface area contributed by atoms with Gasteiger partial charge in [-0.15, -0.1) is 0 Å². The molecule has 3 N–H and O–H groups in total. The first-order chi connectivity index (χ1) is 11.7. The SMILES string of the molecule is O=C(Nc1cnc2[nH]c(-c3ccccc3)cc2c1)c1[nH]ncc1Br. The highest BCUT2D eigenvalue weighted by molar-refractivity contribution is 9.10. The van der Waals surface area contributed by atoms with Crippen molar-refractivity contribution in [3.05, 3.63) is 65.0 Å². The molecule has 0 saturated carbocycles. The largest absolute Gasteiger partial charge is 0.339 e. The topological polar surface area (TPSA) is 86.5 Å². The number of fused-ring (bicyclic) bond motifs is 1. The van der Waals surface area contributed by atoms with Crippen LogP contribution in [-0.2, 0) is 0 Å². The van der Waals surface area contributed by atoms with E-state index in [0.717, 1.165) is 22.3 Å². The Morgan fingerprint density at radius 2 is 1.96 bits per heavy atom. The van der Waals surface area contributed by atoms with E-state index in [-0.39, 0.29) is 5.91 Å². The van der Waals surface area contributed by atoms with E-state index in [9.17, 15) is 4.79 Å². The predicted octanol–water partition coefficient (Wildman–Crippen LogP) is 3.97. The normalized spacial score (nSPS) is 10.9. The summed E-state index contributed by atoms with van der Waals surface area (Å²) < 4.78 is 0.613. The van der Waals surface area contributed by atoms with Gasteiger partial charge in [-0.1, -0.05) is 30.3 Å². The van der Waals surface area contributed by atoms with E-state index in [0.29, 0.717) is 15.9 Å². The standard InChI is InChI=1S/C17H12BrN5O/c18-13-9-20-23-15(13)17(24)21-12-6-11-7-14(22-16(11)19-8-12)10-4-2-1-3-5-10/h1-9H,(H,19,22)(H,20,23)(H,21,24). The highest BCUT2D eigenvalue weighted by Gasteiger charge is 2.13. The lowest BCUT2D eigenvalue weighted by Gasteiger charge is -2.03. The average molecular weight is 382 g/mol. The highest BCUT2D eigenvalue weighted by atomic mass is 79.9. The number of aromatic nitrogens is 4. The first kappa shape index (κ1) is 14.6. The molecule has 0 spiro atoms. The fourth-order valence-electron chi connectivity index (χ4n) is 2.48. The van der Waals surface area contributed by atoms with Crippen molar-refractivity contribution in [3.8, 4) is 11.3 Å². The van der Waals surface area contributed by atoms with Gasteiger partial charge in [0.25, 0.3) is 5.91 Å². The third-order valence-electron chi connectivity index (χ3n) is 3.63. The van der Waals surface area contributed by atoms with Crippen LogP contribution in [0.1, 0.15) is 10.5 Å². The van der Waals surface area contributed by atoms with E-state index < -0.39 is 0 Å². The van der Waals surface area contributed by atoms with Crippen molar-refractivity contribution in [2.75, 3.05) is 5.32 Å². The summed E-state index contributed by atoms with van der Waals surface area (Å²) in [6, 6.07) is 13.9. The van der Waals surface area contributed by atoms with Crippen molar-refractivity contribution in [1.82, 2.24) is 20.2 Å². The number of benzene rings is 1. The zero-order valence-corrected chi connectivity index (χ0v) is 14.0. The van der Waals surface area contributed by atoms with E-state index in [2.05, 4.69) is 41.4 Å². The van der Waals surface area contributed by atoms with E-state index >= 15 is 0 Å². The molecule has 0 bridgehead atoms. The van der Waals surface area contributed by atoms with Crippen LogP contribution in [0, 0.1) is 0 Å². The molecule has 0 atom stereocenters. The maximum absolute atomic E-state index is 12.2. The van der Waals surface area contributed by atoms with Crippen molar-refractivity contribution in [1.29, 1.82) is 0 Å². The minimum absolute atomic E-state index is 0.278. The minimum Gasteiger partial charge on any atom is -0.339 e. The number of rotatable bonds is 3. The highest BCUT2D eigenvalue weighted by Crippen LogP contribution is 2.25. The summed E-state index contributed by atoms with van der Waals surface area (Å²) in [5, 5.41) is 10.2. The monoisotopic (exact) mass is 381 g/mol. The van der Waals surface area contributed by atoms with Crippen LogP contribution >= 0.6 is 15.9 Å². The second kappa shape index (κ2) is 5.93. The number of carbonyl (C=O) groups is 1. The molecule has 0 aliphatic carbocycles. The number of halogens is 1. The second-order valence-corrected chi connectivity index (χ2v) is 6.11. The molecule has 0 aliphatic heterocycles. The number of hydrogen-bond acceptors (Lipinski definition) is 3. The fourth-order valence-corrected chi connectivity index (χ4v) is 2.85. The Kier molecular flexibility index (Phi) is 3.62. The smallest absolute Gasteiger partial charge is 0.274 e. The van der Waals surface area contributed by atoms with E-state index in [1.165, 1.54) is 6.20 Å². The summed E-state index contributed by atoms with van der Waals surface area (Å²) in [6.07, 6.45) is 3.16. The Labute approximate surface area is 145 Å². The molecule has 0 saturated heterocycles. The van der Waals surface area contributed by atoms with Gasteiger partial charge in [0.05, 0.1) is 22.6 Å². The molecular weight excluding hydrogens is 370 g/mol. The maximum Gasteiger partial charge on any atom is 0.274 e. The number of H-pyrrole nitrogens is 2. The van der Waals surface area contributed by atoms with Crippen molar-refractivity contribution in [3.63, 3.8) is 0 Å². The zero-order chi connectivity index (χ0) is 16.5. The average Bonchev–Trinajstić information content (AvgIpc) is 3.21. The minimum atomic E-state index is -0.278. The van der Waals surface area contributed by atoms with Gasteiger partial charge in [0.15, 0.2) is 0 Å². The Balaban J connectivity index is 1.64. The number of amides is 1. The van der Waals surface area contributed by atoms with Crippen LogP contribution in [0.3, 0.4) is 0 Å². The third-order valence-corrected chi connectivity index (χ3v) is 4.23. The molecule has 6 nitrogen and oxygen atoms in total. The maximum atomic E-state index is 12.2. The Hall–Kier alpha value is -2.93. The zero-order valence-electron chi connectivity index (χ0n) is 12.4. The van der Waals surface area contributed by atoms with Gasteiger partial charge in [-0.25, -0.2) is 4.98 Å². The first-order valence-corrected chi connectivity index (χ1v) is 8.04. The lowest BCUT2D eigenvalue weighted by Crippen LogP contribution is -2.13. The molecule has 4 aromatic rings. The number of nitrogens with zero attached hydrogens (tertiary/aromatic N) is 2. The molecule has 24 heavy (non-hydrogen) atoms. The fraction of sp³-hybridized carbons (Fsp3) is 0. The van der Waals surface area contributed by atoms with Crippen LogP contribution in [-0.4, -0.2) is 26.1 Å². The van der Waals surface area contributed by atoms with Gasteiger partial charge < -0.3 is 10.3 Å². The predicted molar refractivity (Wildman–Crippen MR) is 95.8 cm³/mol. The van der Waals surface area contributed by atoms with Crippen molar-refractivity contribution in [2.24, 2.45) is 0 Å². The molecule has 1 aromatic carbocycles.